The zero-order chi connectivity index (χ0) is 12.4. The molecule has 1 aliphatic heterocycles. The topological polar surface area (TPSA) is 42.0 Å². The number of carbonyl (C=O) groups is 1. The van der Waals surface area contributed by atoms with Gasteiger partial charge in [-0.25, -0.2) is 0 Å². The minimum absolute atomic E-state index is 0.103. The minimum Gasteiger partial charge on any atom is -0.356 e. The fourth-order valence-corrected chi connectivity index (χ4v) is 2.63. The number of hydrogen-bond donors (Lipinski definition) is 1. The first kappa shape index (κ1) is 11.2. The Kier molecular flexibility index (Phi) is 2.97. The standard InChI is InChI=1S/C15H16N2O/c18-15-13(7-3-9-17-15)10-12-5-1-4-11-6-2-8-16-14(11)12/h1-2,4-6,8,13H,3,7,9-10H2,(H,17,18). The van der Waals surface area contributed by atoms with Crippen LogP contribution in [0.3, 0.4) is 0 Å². The Morgan fingerprint density at radius 2 is 2.17 bits per heavy atom. The van der Waals surface area contributed by atoms with Crippen molar-refractivity contribution in [3.8, 4) is 0 Å². The normalized spacial score (nSPS) is 19.8. The summed E-state index contributed by atoms with van der Waals surface area (Å²) >= 11 is 0. The number of aromatic nitrogens is 1. The fourth-order valence-electron chi connectivity index (χ4n) is 2.63. The molecule has 0 aliphatic carbocycles. The molecule has 0 bridgehead atoms. The lowest BCUT2D eigenvalue weighted by Crippen LogP contribution is -2.37. The lowest BCUT2D eigenvalue weighted by molar-refractivity contribution is -0.126. The molecule has 1 amide bonds. The van der Waals surface area contributed by atoms with Gasteiger partial charge >= 0.3 is 0 Å². The van der Waals surface area contributed by atoms with Gasteiger partial charge in [-0.3, -0.25) is 9.78 Å². The smallest absolute Gasteiger partial charge is 0.223 e. The highest BCUT2D eigenvalue weighted by Gasteiger charge is 2.22. The fraction of sp³-hybridized carbons (Fsp3) is 0.333. The third-order valence-corrected chi connectivity index (χ3v) is 3.58. The number of hydrogen-bond acceptors (Lipinski definition) is 2. The molecule has 1 aliphatic rings. The summed E-state index contributed by atoms with van der Waals surface area (Å²) in [5, 5.41) is 4.09. The Bertz CT molecular complexity index is 574. The molecule has 0 saturated carbocycles. The molecule has 1 aromatic heterocycles. The predicted octanol–water partition coefficient (Wildman–Crippen LogP) is 2.30. The van der Waals surface area contributed by atoms with Gasteiger partial charge in [-0.1, -0.05) is 24.3 Å². The van der Waals surface area contributed by atoms with Gasteiger partial charge in [0.15, 0.2) is 0 Å². The number of piperidine rings is 1. The van der Waals surface area contributed by atoms with Gasteiger partial charge in [-0.05, 0) is 30.9 Å². The molecule has 2 heterocycles. The summed E-state index contributed by atoms with van der Waals surface area (Å²) in [6, 6.07) is 10.2. The van der Waals surface area contributed by atoms with Crippen molar-refractivity contribution in [2.24, 2.45) is 5.92 Å². The largest absolute Gasteiger partial charge is 0.356 e. The van der Waals surface area contributed by atoms with Gasteiger partial charge in [0.05, 0.1) is 5.52 Å². The summed E-state index contributed by atoms with van der Waals surface area (Å²) in [5.41, 5.74) is 2.20. The van der Waals surface area contributed by atoms with Crippen LogP contribution in [0.5, 0.6) is 0 Å². The molecule has 0 radical (unpaired) electrons. The number of nitrogens with one attached hydrogen (secondary N) is 1. The van der Waals surface area contributed by atoms with Crippen LogP contribution in [0, 0.1) is 5.92 Å². The summed E-state index contributed by atoms with van der Waals surface area (Å²) in [5.74, 6) is 0.292. The molecule has 1 aromatic carbocycles. The van der Waals surface area contributed by atoms with E-state index in [0.29, 0.717) is 0 Å². The van der Waals surface area contributed by atoms with Gasteiger partial charge in [0.2, 0.25) is 5.91 Å². The van der Waals surface area contributed by atoms with Gasteiger partial charge in [0.1, 0.15) is 0 Å². The number of amides is 1. The molecule has 1 unspecified atom stereocenters. The van der Waals surface area contributed by atoms with Crippen molar-refractivity contribution in [2.75, 3.05) is 6.54 Å². The number of carbonyl (C=O) groups excluding carboxylic acids is 1. The van der Waals surface area contributed by atoms with Crippen molar-refractivity contribution in [2.45, 2.75) is 19.3 Å². The lowest BCUT2D eigenvalue weighted by Gasteiger charge is -2.22. The van der Waals surface area contributed by atoms with E-state index in [4.69, 9.17) is 0 Å². The Balaban J connectivity index is 1.92. The second-order valence-electron chi connectivity index (χ2n) is 4.83. The number of para-hydroxylation sites is 1. The van der Waals surface area contributed by atoms with E-state index < -0.39 is 0 Å². The SMILES string of the molecule is O=C1NCCCC1Cc1cccc2cccnc12. The molecule has 1 fully saturated rings. The van der Waals surface area contributed by atoms with E-state index in [2.05, 4.69) is 28.5 Å². The van der Waals surface area contributed by atoms with Crippen LogP contribution in [0.25, 0.3) is 10.9 Å². The van der Waals surface area contributed by atoms with E-state index in [1.165, 1.54) is 5.56 Å². The van der Waals surface area contributed by atoms with E-state index in [1.807, 2.05) is 18.3 Å². The molecule has 3 rings (SSSR count). The Morgan fingerprint density at radius 3 is 3.06 bits per heavy atom. The second-order valence-corrected chi connectivity index (χ2v) is 4.83. The Morgan fingerprint density at radius 1 is 1.28 bits per heavy atom. The van der Waals surface area contributed by atoms with Gasteiger partial charge in [0.25, 0.3) is 0 Å². The van der Waals surface area contributed by atoms with Crippen LogP contribution in [0.1, 0.15) is 18.4 Å². The second kappa shape index (κ2) is 4.77. The zero-order valence-electron chi connectivity index (χ0n) is 10.2. The van der Waals surface area contributed by atoms with Crippen LogP contribution in [0.4, 0.5) is 0 Å². The third kappa shape index (κ3) is 2.08. The van der Waals surface area contributed by atoms with Gasteiger partial charge in [-0.2, -0.15) is 0 Å². The highest BCUT2D eigenvalue weighted by atomic mass is 16.1. The van der Waals surface area contributed by atoms with E-state index in [1.54, 1.807) is 0 Å². The molecule has 3 nitrogen and oxygen atoms in total. The van der Waals surface area contributed by atoms with Crippen LogP contribution < -0.4 is 5.32 Å². The highest BCUT2D eigenvalue weighted by Crippen LogP contribution is 2.22. The molecule has 92 valence electrons. The summed E-state index contributed by atoms with van der Waals surface area (Å²) in [6.07, 6.45) is 4.66. The van der Waals surface area contributed by atoms with E-state index in [9.17, 15) is 4.79 Å². The summed E-state index contributed by atoms with van der Waals surface area (Å²) in [4.78, 5) is 16.2. The van der Waals surface area contributed by atoms with Gasteiger partial charge in [-0.15, -0.1) is 0 Å². The molecule has 1 atom stereocenters. The molecule has 1 saturated heterocycles. The van der Waals surface area contributed by atoms with Crippen molar-refractivity contribution in [1.82, 2.24) is 10.3 Å². The first-order valence-corrected chi connectivity index (χ1v) is 6.45. The zero-order valence-corrected chi connectivity index (χ0v) is 10.2. The molecular formula is C15H16N2O. The van der Waals surface area contributed by atoms with Crippen LogP contribution in [0.15, 0.2) is 36.5 Å². The number of benzene rings is 1. The minimum atomic E-state index is 0.103. The van der Waals surface area contributed by atoms with Crippen LogP contribution in [-0.4, -0.2) is 17.4 Å². The number of nitrogens with zero attached hydrogens (tertiary/aromatic N) is 1. The number of fused-ring (bicyclic) bond motifs is 1. The molecule has 18 heavy (non-hydrogen) atoms. The van der Waals surface area contributed by atoms with Crippen LogP contribution in [0.2, 0.25) is 0 Å². The maximum Gasteiger partial charge on any atom is 0.223 e. The maximum absolute atomic E-state index is 11.8. The summed E-state index contributed by atoms with van der Waals surface area (Å²) in [6.45, 7) is 0.823. The van der Waals surface area contributed by atoms with Crippen LogP contribution >= 0.6 is 0 Å². The molecule has 3 heteroatoms. The molecule has 0 spiro atoms. The monoisotopic (exact) mass is 240 g/mol. The van der Waals surface area contributed by atoms with Gasteiger partial charge < -0.3 is 5.32 Å². The lowest BCUT2D eigenvalue weighted by atomic mass is 9.90. The molecule has 2 aromatic rings. The first-order chi connectivity index (χ1) is 8.84. The van der Waals surface area contributed by atoms with Crippen molar-refractivity contribution in [3.05, 3.63) is 42.1 Å². The Hall–Kier alpha value is -1.90. The predicted molar refractivity (Wildman–Crippen MR) is 71.2 cm³/mol. The molecular weight excluding hydrogens is 224 g/mol. The van der Waals surface area contributed by atoms with E-state index >= 15 is 0 Å². The summed E-state index contributed by atoms with van der Waals surface area (Å²) in [7, 11) is 0. The third-order valence-electron chi connectivity index (χ3n) is 3.58. The number of rotatable bonds is 2. The van der Waals surface area contributed by atoms with Crippen molar-refractivity contribution < 1.29 is 4.79 Å². The summed E-state index contributed by atoms with van der Waals surface area (Å²) < 4.78 is 0. The average molecular weight is 240 g/mol. The number of pyridine rings is 1. The van der Waals surface area contributed by atoms with Crippen molar-refractivity contribution >= 4 is 16.8 Å². The average Bonchev–Trinajstić information content (AvgIpc) is 2.42. The maximum atomic E-state index is 11.8. The molecule has 1 N–H and O–H groups in total. The van der Waals surface area contributed by atoms with Crippen LogP contribution in [-0.2, 0) is 11.2 Å². The van der Waals surface area contributed by atoms with Crippen molar-refractivity contribution in [1.29, 1.82) is 0 Å². The Labute approximate surface area is 106 Å². The highest BCUT2D eigenvalue weighted by molar-refractivity contribution is 5.83. The van der Waals surface area contributed by atoms with Gasteiger partial charge in [0, 0.05) is 24.0 Å². The van der Waals surface area contributed by atoms with Crippen molar-refractivity contribution in [3.63, 3.8) is 0 Å². The quantitative estimate of drug-likeness (QED) is 0.875. The van der Waals surface area contributed by atoms with E-state index in [-0.39, 0.29) is 11.8 Å². The first-order valence-electron chi connectivity index (χ1n) is 6.45. The van der Waals surface area contributed by atoms with E-state index in [0.717, 1.165) is 36.7 Å².